The van der Waals surface area contributed by atoms with Crippen LogP contribution in [0.1, 0.15) is 63.6 Å². The van der Waals surface area contributed by atoms with Gasteiger partial charge in [-0.15, -0.1) is 0 Å². The number of rotatable bonds is 7. The molecule has 0 aliphatic carbocycles. The smallest absolute Gasteiger partial charge is 0.0470 e. The van der Waals surface area contributed by atoms with Crippen molar-refractivity contribution in [3.8, 4) is 0 Å². The number of hydrogen-bond donors (Lipinski definition) is 1. The Kier molecular flexibility index (Phi) is 6.53. The lowest BCUT2D eigenvalue weighted by molar-refractivity contribution is 0.180. The molecule has 1 aromatic carbocycles. The van der Waals surface area contributed by atoms with Gasteiger partial charge >= 0.3 is 0 Å². The first-order valence-corrected chi connectivity index (χ1v) is 7.53. The minimum atomic E-state index is 0.322. The topological polar surface area (TPSA) is 29.3 Å². The van der Waals surface area contributed by atoms with E-state index in [1.165, 1.54) is 24.0 Å². The highest BCUT2D eigenvalue weighted by molar-refractivity contribution is 5.27. The van der Waals surface area contributed by atoms with Crippen molar-refractivity contribution in [2.24, 2.45) is 5.73 Å². The summed E-state index contributed by atoms with van der Waals surface area (Å²) in [4.78, 5) is 2.41. The van der Waals surface area contributed by atoms with Gasteiger partial charge in [-0.3, -0.25) is 4.90 Å². The molecule has 2 unspecified atom stereocenters. The van der Waals surface area contributed by atoms with E-state index in [1.54, 1.807) is 0 Å². The minimum absolute atomic E-state index is 0.322. The van der Waals surface area contributed by atoms with Crippen LogP contribution >= 0.6 is 0 Å². The van der Waals surface area contributed by atoms with Crippen LogP contribution in [0.15, 0.2) is 24.3 Å². The van der Waals surface area contributed by atoms with Crippen LogP contribution in [-0.4, -0.2) is 24.5 Å². The summed E-state index contributed by atoms with van der Waals surface area (Å²) in [5, 5.41) is 0. The molecule has 0 spiro atoms. The van der Waals surface area contributed by atoms with E-state index in [0.29, 0.717) is 24.5 Å². The highest BCUT2D eigenvalue weighted by Crippen LogP contribution is 2.24. The molecule has 2 heteroatoms. The van der Waals surface area contributed by atoms with Crippen molar-refractivity contribution >= 4 is 0 Å². The van der Waals surface area contributed by atoms with E-state index in [4.69, 9.17) is 5.73 Å². The summed E-state index contributed by atoms with van der Waals surface area (Å²) in [5.41, 5.74) is 8.72. The zero-order chi connectivity index (χ0) is 14.4. The molecule has 0 aliphatic rings. The fourth-order valence-corrected chi connectivity index (χ4v) is 2.57. The molecule has 2 atom stereocenters. The second-order valence-electron chi connectivity index (χ2n) is 5.88. The number of nitrogens with zero attached hydrogens (tertiary/aromatic N) is 1. The largest absolute Gasteiger partial charge is 0.329 e. The molecule has 0 saturated carbocycles. The van der Waals surface area contributed by atoms with Crippen molar-refractivity contribution in [2.45, 2.75) is 58.5 Å². The fraction of sp³-hybridized carbons (Fsp3) is 0.647. The summed E-state index contributed by atoms with van der Waals surface area (Å²) >= 11 is 0. The summed E-state index contributed by atoms with van der Waals surface area (Å²) in [6, 6.07) is 9.84. The van der Waals surface area contributed by atoms with Crippen LogP contribution in [0.3, 0.4) is 0 Å². The lowest BCUT2D eigenvalue weighted by atomic mass is 9.97. The second-order valence-corrected chi connectivity index (χ2v) is 5.88. The third kappa shape index (κ3) is 4.32. The van der Waals surface area contributed by atoms with E-state index in [0.717, 1.165) is 0 Å². The molecule has 2 N–H and O–H groups in total. The summed E-state index contributed by atoms with van der Waals surface area (Å²) < 4.78 is 0. The van der Waals surface area contributed by atoms with Crippen LogP contribution < -0.4 is 5.73 Å². The van der Waals surface area contributed by atoms with Gasteiger partial charge in [-0.1, -0.05) is 51.5 Å². The van der Waals surface area contributed by atoms with Crippen molar-refractivity contribution in [1.29, 1.82) is 0 Å². The van der Waals surface area contributed by atoms with E-state index in [-0.39, 0.29) is 0 Å². The molecule has 0 heterocycles. The van der Waals surface area contributed by atoms with E-state index in [9.17, 15) is 0 Å². The standard InChI is InChI=1S/C17H30N2/c1-6-7-14(4)19(5)17(12-18)16-10-8-15(9-11-16)13(2)3/h8-11,13-14,17H,6-7,12,18H2,1-5H3. The van der Waals surface area contributed by atoms with Gasteiger partial charge in [0.15, 0.2) is 0 Å². The molecule has 0 radical (unpaired) electrons. The maximum Gasteiger partial charge on any atom is 0.0470 e. The molecular weight excluding hydrogens is 232 g/mol. The van der Waals surface area contributed by atoms with Gasteiger partial charge in [0, 0.05) is 18.6 Å². The second kappa shape index (κ2) is 7.66. The third-order valence-electron chi connectivity index (χ3n) is 4.10. The van der Waals surface area contributed by atoms with E-state index < -0.39 is 0 Å². The van der Waals surface area contributed by atoms with Gasteiger partial charge in [0.1, 0.15) is 0 Å². The van der Waals surface area contributed by atoms with Gasteiger partial charge in [-0.2, -0.15) is 0 Å². The summed E-state index contributed by atoms with van der Waals surface area (Å²) in [6.07, 6.45) is 2.44. The lowest BCUT2D eigenvalue weighted by Gasteiger charge is -2.33. The number of likely N-dealkylation sites (N-methyl/N-ethyl adjacent to an activating group) is 1. The lowest BCUT2D eigenvalue weighted by Crippen LogP contribution is -2.37. The molecule has 0 amide bonds. The maximum atomic E-state index is 6.00. The number of benzene rings is 1. The first-order valence-electron chi connectivity index (χ1n) is 7.53. The average Bonchev–Trinajstić information content (AvgIpc) is 2.40. The van der Waals surface area contributed by atoms with Crippen molar-refractivity contribution in [2.75, 3.05) is 13.6 Å². The quantitative estimate of drug-likeness (QED) is 0.806. The Morgan fingerprint density at radius 3 is 2.00 bits per heavy atom. The molecule has 0 fully saturated rings. The first kappa shape index (κ1) is 16.2. The SMILES string of the molecule is CCCC(C)N(C)C(CN)c1ccc(C(C)C)cc1. The average molecular weight is 262 g/mol. The predicted octanol–water partition coefficient (Wildman–Crippen LogP) is 3.93. The van der Waals surface area contributed by atoms with Gasteiger partial charge in [0.05, 0.1) is 0 Å². The molecule has 19 heavy (non-hydrogen) atoms. The molecule has 0 aliphatic heterocycles. The predicted molar refractivity (Wildman–Crippen MR) is 84.5 cm³/mol. The van der Waals surface area contributed by atoms with Crippen molar-refractivity contribution < 1.29 is 0 Å². The molecule has 1 aromatic rings. The fourth-order valence-electron chi connectivity index (χ4n) is 2.57. The molecule has 0 aromatic heterocycles. The van der Waals surface area contributed by atoms with Crippen LogP contribution in [0.4, 0.5) is 0 Å². The Morgan fingerprint density at radius 1 is 1.05 bits per heavy atom. The molecule has 2 nitrogen and oxygen atoms in total. The van der Waals surface area contributed by atoms with Crippen LogP contribution in [0.25, 0.3) is 0 Å². The van der Waals surface area contributed by atoms with Crippen molar-refractivity contribution in [3.05, 3.63) is 35.4 Å². The van der Waals surface area contributed by atoms with E-state index >= 15 is 0 Å². The van der Waals surface area contributed by atoms with Gasteiger partial charge in [-0.05, 0) is 37.4 Å². The van der Waals surface area contributed by atoms with Crippen LogP contribution in [0.2, 0.25) is 0 Å². The minimum Gasteiger partial charge on any atom is -0.329 e. The Morgan fingerprint density at radius 2 is 1.58 bits per heavy atom. The van der Waals surface area contributed by atoms with Crippen LogP contribution in [0.5, 0.6) is 0 Å². The zero-order valence-corrected chi connectivity index (χ0v) is 13.2. The normalized spacial score (nSPS) is 14.9. The number of hydrogen-bond acceptors (Lipinski definition) is 2. The summed E-state index contributed by atoms with van der Waals surface area (Å²) in [6.45, 7) is 9.65. The summed E-state index contributed by atoms with van der Waals surface area (Å²) in [7, 11) is 2.19. The van der Waals surface area contributed by atoms with Crippen molar-refractivity contribution in [1.82, 2.24) is 4.90 Å². The van der Waals surface area contributed by atoms with Crippen LogP contribution in [-0.2, 0) is 0 Å². The third-order valence-corrected chi connectivity index (χ3v) is 4.10. The molecular formula is C17H30N2. The highest BCUT2D eigenvalue weighted by Gasteiger charge is 2.19. The van der Waals surface area contributed by atoms with Crippen LogP contribution in [0, 0.1) is 0 Å². The van der Waals surface area contributed by atoms with Gasteiger partial charge in [0.2, 0.25) is 0 Å². The highest BCUT2D eigenvalue weighted by atomic mass is 15.2. The Balaban J connectivity index is 2.84. The van der Waals surface area contributed by atoms with E-state index in [2.05, 4.69) is 63.9 Å². The zero-order valence-electron chi connectivity index (χ0n) is 13.2. The van der Waals surface area contributed by atoms with Gasteiger partial charge in [-0.25, -0.2) is 0 Å². The Hall–Kier alpha value is -0.860. The summed E-state index contributed by atoms with van der Waals surface area (Å²) in [5.74, 6) is 0.585. The maximum absolute atomic E-state index is 6.00. The van der Waals surface area contributed by atoms with E-state index in [1.807, 2.05) is 0 Å². The Labute approximate surface area is 119 Å². The molecule has 1 rings (SSSR count). The first-order chi connectivity index (χ1) is 9.01. The van der Waals surface area contributed by atoms with Gasteiger partial charge in [0.25, 0.3) is 0 Å². The van der Waals surface area contributed by atoms with Gasteiger partial charge < -0.3 is 5.73 Å². The molecule has 108 valence electrons. The number of nitrogens with two attached hydrogens (primary N) is 1. The molecule has 0 saturated heterocycles. The van der Waals surface area contributed by atoms with Crippen molar-refractivity contribution in [3.63, 3.8) is 0 Å². The molecule has 0 bridgehead atoms. The monoisotopic (exact) mass is 262 g/mol. The Bertz CT molecular complexity index is 356.